The Labute approximate surface area is 199 Å². The van der Waals surface area contributed by atoms with E-state index >= 15 is 0 Å². The third-order valence-corrected chi connectivity index (χ3v) is 6.77. The van der Waals surface area contributed by atoms with Crippen molar-refractivity contribution >= 4 is 23.4 Å². The van der Waals surface area contributed by atoms with E-state index in [9.17, 15) is 19.1 Å². The highest BCUT2D eigenvalue weighted by atomic mass is 35.5. The second-order valence-electron chi connectivity index (χ2n) is 9.09. The number of fused-ring (bicyclic) bond motifs is 1. The lowest BCUT2D eigenvalue weighted by molar-refractivity contribution is -0.155. The van der Waals surface area contributed by atoms with Crippen molar-refractivity contribution in [2.45, 2.75) is 49.0 Å². The second-order valence-corrected chi connectivity index (χ2v) is 9.50. The summed E-state index contributed by atoms with van der Waals surface area (Å²) >= 11 is 5.63. The van der Waals surface area contributed by atoms with Crippen LogP contribution in [-0.4, -0.2) is 52.8 Å². The van der Waals surface area contributed by atoms with Gasteiger partial charge in [0.05, 0.1) is 12.1 Å². The maximum Gasteiger partial charge on any atom is 0.261 e. The maximum absolute atomic E-state index is 13.5. The van der Waals surface area contributed by atoms with Crippen LogP contribution in [0.1, 0.15) is 37.5 Å². The number of nitrogens with one attached hydrogen (secondary N) is 2. The summed E-state index contributed by atoms with van der Waals surface area (Å²) in [6.07, 6.45) is 0.0832. The smallest absolute Gasteiger partial charge is 0.261 e. The zero-order valence-electron chi connectivity index (χ0n) is 18.3. The van der Waals surface area contributed by atoms with Crippen molar-refractivity contribution in [1.29, 1.82) is 0 Å². The van der Waals surface area contributed by atoms with E-state index in [4.69, 9.17) is 25.8 Å². The molecule has 11 heteroatoms. The number of hydrogen-bond donors (Lipinski definition) is 3. The molecular weight excluding hydrogens is 469 g/mol. The van der Waals surface area contributed by atoms with Crippen LogP contribution >= 0.6 is 11.6 Å². The lowest BCUT2D eigenvalue weighted by Gasteiger charge is -2.70. The molecular formula is C23H23ClFN3O6. The largest absolute Gasteiger partial charge is 0.484 e. The summed E-state index contributed by atoms with van der Waals surface area (Å²) < 4.78 is 29.6. The van der Waals surface area contributed by atoms with E-state index in [1.54, 1.807) is 12.1 Å². The van der Waals surface area contributed by atoms with Gasteiger partial charge in [-0.05, 0) is 37.5 Å². The second kappa shape index (κ2) is 8.28. The summed E-state index contributed by atoms with van der Waals surface area (Å²) in [5.41, 5.74) is -0.421. The van der Waals surface area contributed by atoms with Gasteiger partial charge in [-0.3, -0.25) is 9.59 Å². The molecule has 3 N–H and O–H groups in total. The standard InChI is InChI=1S/C23H23ClFN3O6/c1-32-19-5-4-16-20(26-19)15(29)7-17(34-16)21(31)28-23-9-22(10-23,11-23)27-18(30)8-33-12-2-3-13(24)14(25)6-12/h2-6,15,17,29H,7-11H2,1H3,(H,27,30)(H,28,31). The lowest BCUT2D eigenvalue weighted by Crippen LogP contribution is -2.84. The van der Waals surface area contributed by atoms with Crippen LogP contribution in [0.4, 0.5) is 4.39 Å². The van der Waals surface area contributed by atoms with E-state index in [2.05, 4.69) is 15.6 Å². The molecule has 2 aromatic rings. The Kier molecular flexibility index (Phi) is 5.52. The van der Waals surface area contributed by atoms with Gasteiger partial charge in [0.15, 0.2) is 12.7 Å². The number of aromatic nitrogens is 1. The van der Waals surface area contributed by atoms with Crippen LogP contribution in [0.3, 0.4) is 0 Å². The van der Waals surface area contributed by atoms with Crippen molar-refractivity contribution in [2.24, 2.45) is 0 Å². The maximum atomic E-state index is 13.5. The zero-order chi connectivity index (χ0) is 24.1. The molecule has 34 heavy (non-hydrogen) atoms. The number of hydrogen-bond acceptors (Lipinski definition) is 7. The van der Waals surface area contributed by atoms with Gasteiger partial charge < -0.3 is 30.0 Å². The SMILES string of the molecule is COc1ccc2c(n1)C(O)CC(C(=O)NC13CC(NC(=O)COc4ccc(Cl)c(F)c4)(C1)C3)O2. The molecule has 1 aromatic carbocycles. The first-order valence-corrected chi connectivity index (χ1v) is 11.2. The number of aliphatic hydroxyl groups is 1. The summed E-state index contributed by atoms with van der Waals surface area (Å²) in [5, 5.41) is 16.3. The average molecular weight is 492 g/mol. The van der Waals surface area contributed by atoms with Crippen LogP contribution in [0.2, 0.25) is 5.02 Å². The summed E-state index contributed by atoms with van der Waals surface area (Å²) in [7, 11) is 1.48. The molecule has 2 unspecified atom stereocenters. The Morgan fingerprint density at radius 2 is 1.97 bits per heavy atom. The fraction of sp³-hybridized carbons (Fsp3) is 0.435. The minimum absolute atomic E-state index is 0.0211. The number of carbonyl (C=O) groups excluding carboxylic acids is 2. The normalized spacial score (nSPS) is 28.4. The number of halogens is 2. The van der Waals surface area contributed by atoms with E-state index in [-0.39, 0.29) is 41.2 Å². The van der Waals surface area contributed by atoms with Gasteiger partial charge in [-0.15, -0.1) is 0 Å². The molecule has 1 aromatic heterocycles. The van der Waals surface area contributed by atoms with Crippen LogP contribution in [0.25, 0.3) is 0 Å². The topological polar surface area (TPSA) is 119 Å². The molecule has 3 fully saturated rings. The van der Waals surface area contributed by atoms with E-state index in [0.29, 0.717) is 36.6 Å². The van der Waals surface area contributed by atoms with Gasteiger partial charge in [-0.25, -0.2) is 9.37 Å². The van der Waals surface area contributed by atoms with Crippen molar-refractivity contribution in [3.63, 3.8) is 0 Å². The minimum Gasteiger partial charge on any atom is -0.484 e. The predicted molar refractivity (Wildman–Crippen MR) is 117 cm³/mol. The third-order valence-electron chi connectivity index (χ3n) is 6.47. The first-order chi connectivity index (χ1) is 16.2. The van der Waals surface area contributed by atoms with E-state index < -0.39 is 23.6 Å². The fourth-order valence-electron chi connectivity index (χ4n) is 5.01. The van der Waals surface area contributed by atoms with Gasteiger partial charge in [-0.2, -0.15) is 0 Å². The first kappa shape index (κ1) is 22.7. The van der Waals surface area contributed by atoms with Crippen molar-refractivity contribution in [2.75, 3.05) is 13.7 Å². The number of benzene rings is 1. The Morgan fingerprint density at radius 1 is 1.24 bits per heavy atom. The molecule has 6 rings (SSSR count). The molecule has 2 bridgehead atoms. The molecule has 3 aliphatic carbocycles. The van der Waals surface area contributed by atoms with Crippen LogP contribution in [0.15, 0.2) is 30.3 Å². The quantitative estimate of drug-likeness (QED) is 0.542. The van der Waals surface area contributed by atoms with Gasteiger partial charge in [0, 0.05) is 29.6 Å². The van der Waals surface area contributed by atoms with Crippen LogP contribution in [0.5, 0.6) is 17.4 Å². The Bertz CT molecular complexity index is 1140. The van der Waals surface area contributed by atoms with E-state index in [1.807, 2.05) is 0 Å². The van der Waals surface area contributed by atoms with Crippen molar-refractivity contribution in [3.8, 4) is 17.4 Å². The summed E-state index contributed by atoms with van der Waals surface area (Å²) in [6, 6.07) is 7.19. The molecule has 3 saturated carbocycles. The van der Waals surface area contributed by atoms with Gasteiger partial charge >= 0.3 is 0 Å². The number of amides is 2. The van der Waals surface area contributed by atoms with Crippen LogP contribution in [0, 0.1) is 5.82 Å². The molecule has 2 amide bonds. The van der Waals surface area contributed by atoms with Gasteiger partial charge in [0.1, 0.15) is 29.1 Å². The summed E-state index contributed by atoms with van der Waals surface area (Å²) in [6.45, 7) is -0.256. The van der Waals surface area contributed by atoms with Gasteiger partial charge in [-0.1, -0.05) is 11.6 Å². The summed E-state index contributed by atoms with van der Waals surface area (Å²) in [5.74, 6) is -0.340. The van der Waals surface area contributed by atoms with Gasteiger partial charge in [0.2, 0.25) is 5.88 Å². The number of aliphatic hydroxyl groups excluding tert-OH is 1. The molecule has 0 radical (unpaired) electrons. The van der Waals surface area contributed by atoms with Gasteiger partial charge in [0.25, 0.3) is 11.8 Å². The highest BCUT2D eigenvalue weighted by Gasteiger charge is 2.69. The Morgan fingerprint density at radius 3 is 2.68 bits per heavy atom. The first-order valence-electron chi connectivity index (χ1n) is 10.8. The number of pyridine rings is 1. The minimum atomic E-state index is -0.942. The monoisotopic (exact) mass is 491 g/mol. The zero-order valence-corrected chi connectivity index (χ0v) is 19.0. The van der Waals surface area contributed by atoms with E-state index in [1.165, 1.54) is 19.2 Å². The third kappa shape index (κ3) is 4.12. The van der Waals surface area contributed by atoms with Crippen molar-refractivity contribution < 1.29 is 33.3 Å². The molecule has 4 aliphatic rings. The molecule has 0 saturated heterocycles. The van der Waals surface area contributed by atoms with Crippen LogP contribution < -0.4 is 24.8 Å². The summed E-state index contributed by atoms with van der Waals surface area (Å²) in [4.78, 5) is 29.3. The molecule has 2 atom stereocenters. The van der Waals surface area contributed by atoms with Crippen molar-refractivity contribution in [3.05, 3.63) is 46.9 Å². The molecule has 9 nitrogen and oxygen atoms in total. The molecule has 180 valence electrons. The Hall–Kier alpha value is -3.11. The fourth-order valence-corrected chi connectivity index (χ4v) is 5.13. The average Bonchev–Trinajstić information content (AvgIpc) is 2.77. The number of ether oxygens (including phenoxy) is 3. The van der Waals surface area contributed by atoms with E-state index in [0.717, 1.165) is 6.07 Å². The highest BCUT2D eigenvalue weighted by molar-refractivity contribution is 6.30. The van der Waals surface area contributed by atoms with Crippen molar-refractivity contribution in [1.82, 2.24) is 15.6 Å². The number of rotatable bonds is 7. The molecule has 2 heterocycles. The molecule has 1 aliphatic heterocycles. The highest BCUT2D eigenvalue weighted by Crippen LogP contribution is 2.60. The predicted octanol–water partition coefficient (Wildman–Crippen LogP) is 2.05. The number of nitrogens with zero attached hydrogens (tertiary/aromatic N) is 1. The lowest BCUT2D eigenvalue weighted by atomic mass is 9.44. The molecule has 0 spiro atoms. The number of methoxy groups -OCH3 is 1. The Balaban J connectivity index is 1.10. The van der Waals surface area contributed by atoms with Crippen LogP contribution in [-0.2, 0) is 9.59 Å². The number of carbonyl (C=O) groups is 2.